The zero-order valence-corrected chi connectivity index (χ0v) is 11.8. The fourth-order valence-electron chi connectivity index (χ4n) is 2.75. The third-order valence-corrected chi connectivity index (χ3v) is 4.00. The van der Waals surface area contributed by atoms with Gasteiger partial charge in [0.2, 0.25) is 0 Å². The van der Waals surface area contributed by atoms with Crippen molar-refractivity contribution >= 4 is 0 Å². The van der Waals surface area contributed by atoms with Crippen LogP contribution in [-0.2, 0) is 10.3 Å². The molecule has 2 rings (SSSR count). The van der Waals surface area contributed by atoms with E-state index in [0.717, 1.165) is 24.2 Å². The van der Waals surface area contributed by atoms with Crippen LogP contribution in [-0.4, -0.2) is 32.5 Å². The highest BCUT2D eigenvalue weighted by atomic mass is 16.5. The molecular formula is C15H22O4. The molecular weight excluding hydrogens is 244 g/mol. The summed E-state index contributed by atoms with van der Waals surface area (Å²) in [5.74, 6) is 1.44. The van der Waals surface area contributed by atoms with Gasteiger partial charge in [0.25, 0.3) is 0 Å². The van der Waals surface area contributed by atoms with Crippen LogP contribution in [0, 0.1) is 0 Å². The molecule has 0 radical (unpaired) electrons. The number of aliphatic hydroxyl groups is 1. The van der Waals surface area contributed by atoms with E-state index in [-0.39, 0.29) is 6.10 Å². The molecule has 1 saturated carbocycles. The maximum atomic E-state index is 10.9. The Balaban J connectivity index is 2.29. The van der Waals surface area contributed by atoms with E-state index in [4.69, 9.17) is 14.2 Å². The Bertz CT molecular complexity index is 422. The normalized spacial score (nSPS) is 27.1. The molecule has 0 aliphatic heterocycles. The van der Waals surface area contributed by atoms with E-state index in [1.807, 2.05) is 18.2 Å². The Morgan fingerprint density at radius 1 is 1.11 bits per heavy atom. The van der Waals surface area contributed by atoms with Crippen molar-refractivity contribution in [3.8, 4) is 11.5 Å². The molecule has 4 nitrogen and oxygen atoms in total. The van der Waals surface area contributed by atoms with Crippen LogP contribution in [0.15, 0.2) is 18.2 Å². The van der Waals surface area contributed by atoms with E-state index < -0.39 is 5.60 Å². The second kappa shape index (κ2) is 5.80. The molecule has 0 unspecified atom stereocenters. The lowest BCUT2D eigenvalue weighted by molar-refractivity contribution is -0.0486. The number of benzene rings is 1. The van der Waals surface area contributed by atoms with Gasteiger partial charge in [-0.05, 0) is 43.9 Å². The number of hydrogen-bond donors (Lipinski definition) is 1. The van der Waals surface area contributed by atoms with Gasteiger partial charge in [-0.15, -0.1) is 0 Å². The zero-order valence-electron chi connectivity index (χ0n) is 11.8. The van der Waals surface area contributed by atoms with E-state index in [0.29, 0.717) is 18.6 Å². The lowest BCUT2D eigenvalue weighted by Crippen LogP contribution is -2.34. The Hall–Kier alpha value is -1.26. The Morgan fingerprint density at radius 3 is 2.32 bits per heavy atom. The average molecular weight is 266 g/mol. The molecule has 1 aliphatic rings. The van der Waals surface area contributed by atoms with Gasteiger partial charge in [0, 0.05) is 12.7 Å². The third kappa shape index (κ3) is 2.85. The highest BCUT2D eigenvalue weighted by Gasteiger charge is 2.37. The molecule has 1 aromatic rings. The molecule has 0 atom stereocenters. The molecule has 1 N–H and O–H groups in total. The van der Waals surface area contributed by atoms with Crippen molar-refractivity contribution in [2.45, 2.75) is 37.4 Å². The molecule has 0 heterocycles. The summed E-state index contributed by atoms with van der Waals surface area (Å²) in [6, 6.07) is 5.55. The molecule has 19 heavy (non-hydrogen) atoms. The minimum absolute atomic E-state index is 0.247. The van der Waals surface area contributed by atoms with Crippen LogP contribution < -0.4 is 9.47 Å². The Kier molecular flexibility index (Phi) is 4.32. The molecule has 4 heteroatoms. The molecule has 0 saturated heterocycles. The smallest absolute Gasteiger partial charge is 0.125 e. The standard InChI is InChI=1S/C15H22O4/c1-17-11-6-8-15(16,9-7-11)13-10-12(18-2)4-5-14(13)19-3/h4-5,10-11,16H,6-9H2,1-3H3. The minimum atomic E-state index is -0.852. The van der Waals surface area contributed by atoms with Crippen molar-refractivity contribution in [1.29, 1.82) is 0 Å². The van der Waals surface area contributed by atoms with Crippen molar-refractivity contribution < 1.29 is 19.3 Å². The SMILES string of the molecule is COc1ccc(OC)c(C2(O)CCC(OC)CC2)c1. The van der Waals surface area contributed by atoms with Crippen molar-refractivity contribution in [3.63, 3.8) is 0 Å². The van der Waals surface area contributed by atoms with Crippen molar-refractivity contribution in [3.05, 3.63) is 23.8 Å². The predicted octanol–water partition coefficient (Wildman–Crippen LogP) is 2.48. The summed E-state index contributed by atoms with van der Waals surface area (Å²) in [7, 11) is 4.97. The highest BCUT2D eigenvalue weighted by Crippen LogP contribution is 2.43. The first kappa shape index (κ1) is 14.2. The monoisotopic (exact) mass is 266 g/mol. The Morgan fingerprint density at radius 2 is 1.79 bits per heavy atom. The lowest BCUT2D eigenvalue weighted by atomic mass is 9.78. The summed E-state index contributed by atoms with van der Waals surface area (Å²) in [6.07, 6.45) is 3.31. The molecule has 0 bridgehead atoms. The van der Waals surface area contributed by atoms with Crippen LogP contribution in [0.4, 0.5) is 0 Å². The fraction of sp³-hybridized carbons (Fsp3) is 0.600. The van der Waals surface area contributed by atoms with E-state index in [1.165, 1.54) is 0 Å². The van der Waals surface area contributed by atoms with Crippen molar-refractivity contribution in [2.24, 2.45) is 0 Å². The summed E-state index contributed by atoms with van der Waals surface area (Å²) in [5.41, 5.74) is -0.0431. The quantitative estimate of drug-likeness (QED) is 0.909. The first-order chi connectivity index (χ1) is 9.12. The maximum Gasteiger partial charge on any atom is 0.125 e. The van der Waals surface area contributed by atoms with E-state index in [2.05, 4.69) is 0 Å². The summed E-state index contributed by atoms with van der Waals surface area (Å²) >= 11 is 0. The van der Waals surface area contributed by atoms with Crippen LogP contribution >= 0.6 is 0 Å². The second-order valence-electron chi connectivity index (χ2n) is 5.03. The molecule has 0 amide bonds. The van der Waals surface area contributed by atoms with Crippen LogP contribution in [0.5, 0.6) is 11.5 Å². The van der Waals surface area contributed by atoms with E-state index in [9.17, 15) is 5.11 Å². The number of ether oxygens (including phenoxy) is 3. The molecule has 0 spiro atoms. The molecule has 106 valence electrons. The summed E-state index contributed by atoms with van der Waals surface area (Å²) in [6.45, 7) is 0. The van der Waals surface area contributed by atoms with Gasteiger partial charge in [0.1, 0.15) is 11.5 Å². The van der Waals surface area contributed by atoms with Gasteiger partial charge in [-0.1, -0.05) is 0 Å². The van der Waals surface area contributed by atoms with Gasteiger partial charge < -0.3 is 19.3 Å². The fourth-order valence-corrected chi connectivity index (χ4v) is 2.75. The van der Waals surface area contributed by atoms with Gasteiger partial charge in [0.15, 0.2) is 0 Å². The Labute approximate surface area is 114 Å². The van der Waals surface area contributed by atoms with Crippen LogP contribution in [0.3, 0.4) is 0 Å². The van der Waals surface area contributed by atoms with Crippen molar-refractivity contribution in [1.82, 2.24) is 0 Å². The molecule has 0 aromatic heterocycles. The van der Waals surface area contributed by atoms with Gasteiger partial charge in [-0.2, -0.15) is 0 Å². The average Bonchev–Trinajstić information content (AvgIpc) is 2.47. The predicted molar refractivity (Wildman–Crippen MR) is 72.7 cm³/mol. The van der Waals surface area contributed by atoms with Crippen molar-refractivity contribution in [2.75, 3.05) is 21.3 Å². The van der Waals surface area contributed by atoms with Gasteiger partial charge >= 0.3 is 0 Å². The summed E-state index contributed by atoms with van der Waals surface area (Å²) in [5, 5.41) is 10.9. The minimum Gasteiger partial charge on any atom is -0.497 e. The summed E-state index contributed by atoms with van der Waals surface area (Å²) < 4.78 is 16.0. The number of hydrogen-bond acceptors (Lipinski definition) is 4. The van der Waals surface area contributed by atoms with Crippen LogP contribution in [0.1, 0.15) is 31.2 Å². The molecule has 1 aliphatic carbocycles. The van der Waals surface area contributed by atoms with Gasteiger partial charge in [-0.25, -0.2) is 0 Å². The lowest BCUT2D eigenvalue weighted by Gasteiger charge is -2.36. The first-order valence-electron chi connectivity index (χ1n) is 6.60. The third-order valence-electron chi connectivity index (χ3n) is 4.00. The molecule has 1 fully saturated rings. The highest BCUT2D eigenvalue weighted by molar-refractivity contribution is 5.44. The van der Waals surface area contributed by atoms with Crippen LogP contribution in [0.2, 0.25) is 0 Å². The maximum absolute atomic E-state index is 10.9. The number of rotatable bonds is 4. The second-order valence-corrected chi connectivity index (χ2v) is 5.03. The van der Waals surface area contributed by atoms with Gasteiger partial charge in [0.05, 0.1) is 25.9 Å². The molecule has 1 aromatic carbocycles. The van der Waals surface area contributed by atoms with Crippen LogP contribution in [0.25, 0.3) is 0 Å². The summed E-state index contributed by atoms with van der Waals surface area (Å²) in [4.78, 5) is 0. The number of methoxy groups -OCH3 is 3. The van der Waals surface area contributed by atoms with Gasteiger partial charge in [-0.3, -0.25) is 0 Å². The zero-order chi connectivity index (χ0) is 13.9. The topological polar surface area (TPSA) is 47.9 Å². The largest absolute Gasteiger partial charge is 0.497 e. The first-order valence-corrected chi connectivity index (χ1v) is 6.60. The van der Waals surface area contributed by atoms with E-state index in [1.54, 1.807) is 21.3 Å². The van der Waals surface area contributed by atoms with E-state index >= 15 is 0 Å².